The molecule has 8 heteroatoms. The Morgan fingerprint density at radius 3 is 2.27 bits per heavy atom. The summed E-state index contributed by atoms with van der Waals surface area (Å²) in [4.78, 5) is 41.5. The molecule has 1 fully saturated rings. The molecular formula is C32H48N4O4. The SMILES string of the molecule is CCCN(CCC)C(=O)C1=CC(C(N)=O)=CC(C(N)=O)([C@H](CC2CCCCC2)[C@@H](O)CNCc2ccccc2)C1. The van der Waals surface area contributed by atoms with Crippen molar-refractivity contribution in [2.45, 2.75) is 84.3 Å². The van der Waals surface area contributed by atoms with Crippen LogP contribution in [0.5, 0.6) is 0 Å². The first kappa shape index (κ1) is 31.6. The molecule has 6 N–H and O–H groups in total. The molecule has 0 heterocycles. The highest BCUT2D eigenvalue weighted by Gasteiger charge is 2.49. The number of nitrogens with zero attached hydrogens (tertiary/aromatic N) is 1. The van der Waals surface area contributed by atoms with E-state index in [1.165, 1.54) is 12.5 Å². The van der Waals surface area contributed by atoms with Crippen molar-refractivity contribution in [3.05, 3.63) is 59.2 Å². The van der Waals surface area contributed by atoms with Gasteiger partial charge in [0.1, 0.15) is 0 Å². The van der Waals surface area contributed by atoms with Crippen LogP contribution in [-0.2, 0) is 20.9 Å². The first-order valence-electron chi connectivity index (χ1n) is 15.0. The van der Waals surface area contributed by atoms with Gasteiger partial charge in [-0.15, -0.1) is 0 Å². The van der Waals surface area contributed by atoms with E-state index < -0.39 is 29.3 Å². The highest BCUT2D eigenvalue weighted by Crippen LogP contribution is 2.47. The van der Waals surface area contributed by atoms with E-state index in [2.05, 4.69) is 5.32 Å². The van der Waals surface area contributed by atoms with E-state index in [0.717, 1.165) is 44.1 Å². The number of nitrogens with one attached hydrogen (secondary N) is 1. The van der Waals surface area contributed by atoms with E-state index in [1.807, 2.05) is 44.2 Å². The maximum Gasteiger partial charge on any atom is 0.249 e. The lowest BCUT2D eigenvalue weighted by atomic mass is 9.61. The van der Waals surface area contributed by atoms with Crippen molar-refractivity contribution in [2.24, 2.45) is 28.7 Å². The van der Waals surface area contributed by atoms with Crippen LogP contribution in [0.25, 0.3) is 0 Å². The Hall–Kier alpha value is -2.97. The fraction of sp³-hybridized carbons (Fsp3) is 0.594. The molecule has 1 aromatic rings. The zero-order valence-electron chi connectivity index (χ0n) is 24.2. The third-order valence-corrected chi connectivity index (χ3v) is 8.48. The van der Waals surface area contributed by atoms with Crippen molar-refractivity contribution < 1.29 is 19.5 Å². The molecule has 220 valence electrons. The third kappa shape index (κ3) is 8.04. The maximum absolute atomic E-state index is 13.7. The normalized spacial score (nSPS) is 21.2. The summed E-state index contributed by atoms with van der Waals surface area (Å²) in [6.45, 7) is 5.96. The largest absolute Gasteiger partial charge is 0.391 e. The van der Waals surface area contributed by atoms with E-state index in [0.29, 0.717) is 37.5 Å². The predicted molar refractivity (Wildman–Crippen MR) is 158 cm³/mol. The lowest BCUT2D eigenvalue weighted by Gasteiger charge is -2.43. The highest BCUT2D eigenvalue weighted by molar-refractivity contribution is 6.03. The number of primary amides is 2. The van der Waals surface area contributed by atoms with Gasteiger partial charge in [0.25, 0.3) is 0 Å². The molecule has 1 aromatic carbocycles. The van der Waals surface area contributed by atoms with Gasteiger partial charge < -0.3 is 26.8 Å². The molecule has 2 aliphatic carbocycles. The van der Waals surface area contributed by atoms with E-state index in [-0.39, 0.29) is 24.4 Å². The molecule has 8 nitrogen and oxygen atoms in total. The fourth-order valence-electron chi connectivity index (χ4n) is 6.44. The molecule has 0 spiro atoms. The van der Waals surface area contributed by atoms with Gasteiger partial charge in [0.15, 0.2) is 0 Å². The number of amides is 3. The monoisotopic (exact) mass is 552 g/mol. The number of hydrogen-bond donors (Lipinski definition) is 4. The number of hydrogen-bond acceptors (Lipinski definition) is 5. The number of carbonyl (C=O) groups is 3. The molecule has 1 unspecified atom stereocenters. The molecule has 0 aliphatic heterocycles. The lowest BCUT2D eigenvalue weighted by Crippen LogP contribution is -2.52. The van der Waals surface area contributed by atoms with Crippen LogP contribution in [0.3, 0.4) is 0 Å². The quantitative estimate of drug-likeness (QED) is 0.263. The molecule has 3 rings (SSSR count). The summed E-state index contributed by atoms with van der Waals surface area (Å²) in [7, 11) is 0. The Morgan fingerprint density at radius 1 is 1.05 bits per heavy atom. The molecule has 0 radical (unpaired) electrons. The minimum Gasteiger partial charge on any atom is -0.391 e. The molecule has 3 atom stereocenters. The van der Waals surface area contributed by atoms with Crippen molar-refractivity contribution >= 4 is 17.7 Å². The summed E-state index contributed by atoms with van der Waals surface area (Å²) >= 11 is 0. The first-order valence-corrected chi connectivity index (χ1v) is 15.0. The Balaban J connectivity index is 1.98. The fourth-order valence-corrected chi connectivity index (χ4v) is 6.44. The van der Waals surface area contributed by atoms with Crippen molar-refractivity contribution in [3.8, 4) is 0 Å². The standard InChI is InChI=1S/C32H48N4O4/c1-3-15-36(16-4-2)30(39)26-18-25(29(33)38)19-32(20-26,31(34)40)27(17-23-11-7-5-8-12-23)28(37)22-35-21-24-13-9-6-10-14-24/h6,9-10,13-14,18-19,23,27-28,35,37H,3-5,7-8,11-12,15-17,20-22H2,1-2H3,(H2,33,38)(H2,34,40)/t27-,28+,32?/m1/s1. The van der Waals surface area contributed by atoms with E-state index in [9.17, 15) is 19.5 Å². The van der Waals surface area contributed by atoms with E-state index in [4.69, 9.17) is 11.5 Å². The average Bonchev–Trinajstić information content (AvgIpc) is 2.96. The second kappa shape index (κ2) is 15.1. The molecule has 1 saturated carbocycles. The van der Waals surface area contributed by atoms with Gasteiger partial charge in [0, 0.05) is 43.2 Å². The van der Waals surface area contributed by atoms with Crippen LogP contribution in [0.1, 0.15) is 77.2 Å². The van der Waals surface area contributed by atoms with Crippen LogP contribution >= 0.6 is 0 Å². The Labute approximate surface area is 239 Å². The molecular weight excluding hydrogens is 504 g/mol. The van der Waals surface area contributed by atoms with Crippen LogP contribution in [0.4, 0.5) is 0 Å². The van der Waals surface area contributed by atoms with Gasteiger partial charge in [0.2, 0.25) is 17.7 Å². The predicted octanol–water partition coefficient (Wildman–Crippen LogP) is 3.59. The number of rotatable bonds is 15. The summed E-state index contributed by atoms with van der Waals surface area (Å²) in [5.74, 6) is -1.85. The molecule has 2 aliphatic rings. The average molecular weight is 553 g/mol. The topological polar surface area (TPSA) is 139 Å². The van der Waals surface area contributed by atoms with Crippen LogP contribution in [0, 0.1) is 17.3 Å². The molecule has 0 aromatic heterocycles. The lowest BCUT2D eigenvalue weighted by molar-refractivity contribution is -0.132. The third-order valence-electron chi connectivity index (χ3n) is 8.48. The Bertz CT molecular complexity index is 1060. The first-order chi connectivity index (χ1) is 19.2. The number of aliphatic hydroxyl groups is 1. The zero-order chi connectivity index (χ0) is 29.1. The number of carbonyl (C=O) groups excluding carboxylic acids is 3. The smallest absolute Gasteiger partial charge is 0.249 e. The van der Waals surface area contributed by atoms with Crippen LogP contribution in [-0.4, -0.2) is 53.5 Å². The molecule has 0 saturated heterocycles. The zero-order valence-corrected chi connectivity index (χ0v) is 24.2. The van der Waals surface area contributed by atoms with Gasteiger partial charge in [-0.05, 0) is 43.2 Å². The summed E-state index contributed by atoms with van der Waals surface area (Å²) in [5.41, 5.74) is 12.0. The summed E-state index contributed by atoms with van der Waals surface area (Å²) < 4.78 is 0. The van der Waals surface area contributed by atoms with Crippen molar-refractivity contribution in [3.63, 3.8) is 0 Å². The number of benzene rings is 1. The van der Waals surface area contributed by atoms with Crippen LogP contribution in [0.15, 0.2) is 53.6 Å². The molecule has 3 amide bonds. The summed E-state index contributed by atoms with van der Waals surface area (Å²) in [6.07, 6.45) is 9.76. The Morgan fingerprint density at radius 2 is 1.70 bits per heavy atom. The van der Waals surface area contributed by atoms with Gasteiger partial charge in [0.05, 0.1) is 11.5 Å². The van der Waals surface area contributed by atoms with Gasteiger partial charge in [-0.2, -0.15) is 0 Å². The van der Waals surface area contributed by atoms with Crippen LogP contribution < -0.4 is 16.8 Å². The van der Waals surface area contributed by atoms with E-state index >= 15 is 0 Å². The summed E-state index contributed by atoms with van der Waals surface area (Å²) in [5, 5.41) is 15.0. The number of aliphatic hydroxyl groups excluding tert-OH is 1. The van der Waals surface area contributed by atoms with Crippen molar-refractivity contribution in [1.82, 2.24) is 10.2 Å². The highest BCUT2D eigenvalue weighted by atomic mass is 16.3. The minimum absolute atomic E-state index is 0.0367. The van der Waals surface area contributed by atoms with Gasteiger partial charge in [-0.25, -0.2) is 0 Å². The van der Waals surface area contributed by atoms with Gasteiger partial charge >= 0.3 is 0 Å². The van der Waals surface area contributed by atoms with E-state index in [1.54, 1.807) is 11.0 Å². The van der Waals surface area contributed by atoms with Crippen molar-refractivity contribution in [2.75, 3.05) is 19.6 Å². The van der Waals surface area contributed by atoms with Crippen LogP contribution in [0.2, 0.25) is 0 Å². The maximum atomic E-state index is 13.7. The van der Waals surface area contributed by atoms with Gasteiger partial charge in [-0.1, -0.05) is 82.4 Å². The summed E-state index contributed by atoms with van der Waals surface area (Å²) in [6, 6.07) is 9.90. The second-order valence-electron chi connectivity index (χ2n) is 11.5. The van der Waals surface area contributed by atoms with Crippen molar-refractivity contribution in [1.29, 1.82) is 0 Å². The second-order valence-corrected chi connectivity index (χ2v) is 11.5. The minimum atomic E-state index is -1.42. The Kier molecular flexibility index (Phi) is 11.9. The molecule has 40 heavy (non-hydrogen) atoms. The molecule has 0 bridgehead atoms. The van der Waals surface area contributed by atoms with Gasteiger partial charge in [-0.3, -0.25) is 14.4 Å². The number of nitrogens with two attached hydrogens (primary N) is 2.